The second-order valence-corrected chi connectivity index (χ2v) is 9.11. The van der Waals surface area contributed by atoms with Crippen molar-refractivity contribution in [2.75, 3.05) is 17.3 Å². The first-order valence-electron chi connectivity index (χ1n) is 12.1. The fourth-order valence-corrected chi connectivity index (χ4v) is 4.79. The van der Waals surface area contributed by atoms with Gasteiger partial charge in [-0.1, -0.05) is 0 Å². The molecular weight excluding hydrogens is 446 g/mol. The molecule has 3 heterocycles. The molecule has 0 fully saturated rings. The fourth-order valence-electron chi connectivity index (χ4n) is 4.79. The molecule has 0 radical (unpaired) electrons. The fraction of sp³-hybridized carbons (Fsp3) is 0.172. The Morgan fingerprint density at radius 3 is 2.64 bits per heavy atom. The molecule has 2 N–H and O–H groups in total. The van der Waals surface area contributed by atoms with E-state index in [2.05, 4.69) is 67.6 Å². The molecule has 3 aromatic heterocycles. The zero-order valence-electron chi connectivity index (χ0n) is 19.9. The van der Waals surface area contributed by atoms with Gasteiger partial charge in [-0.2, -0.15) is 5.26 Å². The van der Waals surface area contributed by atoms with Crippen LogP contribution < -0.4 is 10.2 Å². The van der Waals surface area contributed by atoms with Crippen LogP contribution >= 0.6 is 0 Å². The van der Waals surface area contributed by atoms with Crippen molar-refractivity contribution in [3.05, 3.63) is 90.5 Å². The standard InChI is InChI=1S/C29H25N7/c1-36(22-10-13-31-14-11-22)23-7-9-27-28(17-23)35-29(34-27)20-3-5-21(6-4-20)33-26-12-15-32-25-8-2-19(18-30)16-24(25)26/h3-7,9-15,17,19H,2,8,16H2,1H3,(H,32,33)(H,34,35). The van der Waals surface area contributed by atoms with Crippen molar-refractivity contribution in [1.29, 1.82) is 5.26 Å². The molecule has 6 rings (SSSR count). The van der Waals surface area contributed by atoms with Gasteiger partial charge in [-0.15, -0.1) is 0 Å². The number of nitrogens with one attached hydrogen (secondary N) is 2. The van der Waals surface area contributed by atoms with E-state index in [9.17, 15) is 5.26 Å². The van der Waals surface area contributed by atoms with Gasteiger partial charge >= 0.3 is 0 Å². The van der Waals surface area contributed by atoms with Gasteiger partial charge in [0.15, 0.2) is 0 Å². The number of imidazole rings is 1. The number of nitrogens with zero attached hydrogens (tertiary/aromatic N) is 5. The molecule has 0 bridgehead atoms. The number of H-pyrrole nitrogens is 1. The third-order valence-electron chi connectivity index (χ3n) is 6.85. The number of aryl methyl sites for hydroxylation is 1. The van der Waals surface area contributed by atoms with E-state index in [1.807, 2.05) is 37.5 Å². The number of pyridine rings is 2. The second-order valence-electron chi connectivity index (χ2n) is 9.11. The van der Waals surface area contributed by atoms with Gasteiger partial charge in [-0.05, 0) is 85.5 Å². The van der Waals surface area contributed by atoms with Crippen molar-refractivity contribution in [3.63, 3.8) is 0 Å². The summed E-state index contributed by atoms with van der Waals surface area (Å²) in [6.07, 6.45) is 7.92. The summed E-state index contributed by atoms with van der Waals surface area (Å²) in [5.41, 5.74) is 9.35. The Balaban J connectivity index is 1.23. The number of anilines is 4. The summed E-state index contributed by atoms with van der Waals surface area (Å²) < 4.78 is 0. The molecule has 1 unspecified atom stereocenters. The first-order chi connectivity index (χ1) is 17.7. The third-order valence-corrected chi connectivity index (χ3v) is 6.85. The molecule has 1 aliphatic carbocycles. The molecule has 0 amide bonds. The average molecular weight is 472 g/mol. The number of fused-ring (bicyclic) bond motifs is 2. The van der Waals surface area contributed by atoms with Crippen molar-refractivity contribution in [3.8, 4) is 17.5 Å². The largest absolute Gasteiger partial charge is 0.355 e. The van der Waals surface area contributed by atoms with Crippen LogP contribution in [0.2, 0.25) is 0 Å². The van der Waals surface area contributed by atoms with E-state index in [1.165, 1.54) is 0 Å². The molecule has 0 saturated carbocycles. The summed E-state index contributed by atoms with van der Waals surface area (Å²) in [6, 6.07) is 22.9. The lowest BCUT2D eigenvalue weighted by Crippen LogP contribution is -2.15. The molecule has 7 nitrogen and oxygen atoms in total. The van der Waals surface area contributed by atoms with Gasteiger partial charge in [0.1, 0.15) is 5.82 Å². The summed E-state index contributed by atoms with van der Waals surface area (Å²) in [5.74, 6) is 0.890. The molecule has 0 saturated heterocycles. The summed E-state index contributed by atoms with van der Waals surface area (Å²) in [7, 11) is 2.04. The average Bonchev–Trinajstić information content (AvgIpc) is 3.37. The normalized spacial score (nSPS) is 14.7. The van der Waals surface area contributed by atoms with E-state index >= 15 is 0 Å². The van der Waals surface area contributed by atoms with Crippen LogP contribution in [0.3, 0.4) is 0 Å². The Labute approximate surface area is 209 Å². The van der Waals surface area contributed by atoms with E-state index in [0.29, 0.717) is 0 Å². The summed E-state index contributed by atoms with van der Waals surface area (Å²) in [6.45, 7) is 0. The van der Waals surface area contributed by atoms with Crippen LogP contribution in [0.4, 0.5) is 22.7 Å². The van der Waals surface area contributed by atoms with E-state index in [1.54, 1.807) is 12.4 Å². The lowest BCUT2D eigenvalue weighted by Gasteiger charge is -2.22. The highest BCUT2D eigenvalue weighted by molar-refractivity contribution is 5.84. The van der Waals surface area contributed by atoms with Crippen LogP contribution in [0, 0.1) is 17.2 Å². The zero-order valence-corrected chi connectivity index (χ0v) is 19.9. The second kappa shape index (κ2) is 9.16. The molecule has 7 heteroatoms. The molecular formula is C29H25N7. The maximum absolute atomic E-state index is 9.38. The lowest BCUT2D eigenvalue weighted by atomic mass is 9.86. The Bertz CT molecular complexity index is 1570. The minimum atomic E-state index is 0.0581. The van der Waals surface area contributed by atoms with Gasteiger partial charge < -0.3 is 15.2 Å². The third kappa shape index (κ3) is 4.14. The molecule has 0 spiro atoms. The smallest absolute Gasteiger partial charge is 0.138 e. The van der Waals surface area contributed by atoms with Crippen molar-refractivity contribution in [2.24, 2.45) is 5.92 Å². The van der Waals surface area contributed by atoms with Gasteiger partial charge in [-0.3, -0.25) is 9.97 Å². The number of benzene rings is 2. The summed E-state index contributed by atoms with van der Waals surface area (Å²) in [4.78, 5) is 19.0. The van der Waals surface area contributed by atoms with Gasteiger partial charge in [-0.25, -0.2) is 4.98 Å². The highest BCUT2D eigenvalue weighted by atomic mass is 15.1. The molecule has 36 heavy (non-hydrogen) atoms. The van der Waals surface area contributed by atoms with Crippen LogP contribution in [-0.4, -0.2) is 27.0 Å². The van der Waals surface area contributed by atoms with Crippen LogP contribution in [0.5, 0.6) is 0 Å². The maximum atomic E-state index is 9.38. The number of aromatic nitrogens is 4. The van der Waals surface area contributed by atoms with Crippen LogP contribution in [0.15, 0.2) is 79.3 Å². The topological polar surface area (TPSA) is 93.5 Å². The first-order valence-corrected chi connectivity index (χ1v) is 12.1. The zero-order chi connectivity index (χ0) is 24.5. The number of aromatic amines is 1. The molecule has 1 atom stereocenters. The van der Waals surface area contributed by atoms with Gasteiger partial charge in [0.05, 0.1) is 23.0 Å². The number of hydrogen-bond acceptors (Lipinski definition) is 6. The molecule has 176 valence electrons. The van der Waals surface area contributed by atoms with Crippen LogP contribution in [0.25, 0.3) is 22.4 Å². The molecule has 0 aliphatic heterocycles. The monoisotopic (exact) mass is 471 g/mol. The quantitative estimate of drug-likeness (QED) is 0.319. The minimum Gasteiger partial charge on any atom is -0.355 e. The Morgan fingerprint density at radius 1 is 1.00 bits per heavy atom. The Hall–Kier alpha value is -4.70. The van der Waals surface area contributed by atoms with Gasteiger partial charge in [0.25, 0.3) is 0 Å². The van der Waals surface area contributed by atoms with Crippen molar-refractivity contribution in [1.82, 2.24) is 19.9 Å². The van der Waals surface area contributed by atoms with E-state index < -0.39 is 0 Å². The first kappa shape index (κ1) is 21.8. The van der Waals surface area contributed by atoms with Crippen molar-refractivity contribution in [2.45, 2.75) is 19.3 Å². The molecule has 1 aliphatic rings. The van der Waals surface area contributed by atoms with Crippen LogP contribution in [0.1, 0.15) is 17.7 Å². The SMILES string of the molecule is CN(c1ccncc1)c1ccc2nc(-c3ccc(Nc4ccnc5c4CC(C#N)CC5)cc3)[nH]c2c1. The number of rotatable bonds is 5. The van der Waals surface area contributed by atoms with Crippen molar-refractivity contribution < 1.29 is 0 Å². The maximum Gasteiger partial charge on any atom is 0.138 e. The van der Waals surface area contributed by atoms with E-state index in [4.69, 9.17) is 4.98 Å². The van der Waals surface area contributed by atoms with E-state index in [-0.39, 0.29) is 5.92 Å². The Kier molecular flexibility index (Phi) is 5.55. The Morgan fingerprint density at radius 2 is 1.83 bits per heavy atom. The van der Waals surface area contributed by atoms with Crippen molar-refractivity contribution >= 4 is 33.8 Å². The van der Waals surface area contributed by atoms with Gasteiger partial charge in [0.2, 0.25) is 0 Å². The molecule has 5 aromatic rings. The highest BCUT2D eigenvalue weighted by Gasteiger charge is 2.22. The number of nitriles is 1. The lowest BCUT2D eigenvalue weighted by molar-refractivity contribution is 0.556. The number of hydrogen-bond donors (Lipinski definition) is 2. The van der Waals surface area contributed by atoms with E-state index in [0.717, 1.165) is 75.7 Å². The van der Waals surface area contributed by atoms with Gasteiger partial charge in [0, 0.05) is 59.6 Å². The molecule has 2 aromatic carbocycles. The van der Waals surface area contributed by atoms with Crippen LogP contribution in [-0.2, 0) is 12.8 Å². The summed E-state index contributed by atoms with van der Waals surface area (Å²) >= 11 is 0. The predicted molar refractivity (Wildman–Crippen MR) is 142 cm³/mol. The minimum absolute atomic E-state index is 0.0581. The predicted octanol–water partition coefficient (Wildman–Crippen LogP) is 6.16. The summed E-state index contributed by atoms with van der Waals surface area (Å²) in [5, 5.41) is 12.9. The highest BCUT2D eigenvalue weighted by Crippen LogP contribution is 2.32.